The number of primary amides is 1. The normalized spacial score (nSPS) is 16.6. The summed E-state index contributed by atoms with van der Waals surface area (Å²) in [6.45, 7) is 5.54. The molecule has 0 unspecified atom stereocenters. The van der Waals surface area contributed by atoms with E-state index in [9.17, 15) is 9.59 Å². The summed E-state index contributed by atoms with van der Waals surface area (Å²) in [7, 11) is 0. The van der Waals surface area contributed by atoms with Crippen LogP contribution in [0.4, 0.5) is 4.79 Å². The summed E-state index contributed by atoms with van der Waals surface area (Å²) in [6.07, 6.45) is 2.44. The number of hydrogen-bond acceptors (Lipinski definition) is 5. The highest BCUT2D eigenvalue weighted by atomic mass is 16.6. The minimum atomic E-state index is -0.725. The van der Waals surface area contributed by atoms with Crippen LogP contribution in [-0.2, 0) is 21.6 Å². The minimum absolute atomic E-state index is 0.184. The van der Waals surface area contributed by atoms with E-state index in [1.54, 1.807) is 27.0 Å². The fourth-order valence-electron chi connectivity index (χ4n) is 1.77. The molecule has 0 spiro atoms. The van der Waals surface area contributed by atoms with Crippen LogP contribution in [0.3, 0.4) is 0 Å². The molecule has 0 atom stereocenters. The molecule has 1 saturated carbocycles. The molecule has 3 N–H and O–H groups in total. The summed E-state index contributed by atoms with van der Waals surface area (Å²) in [4.78, 5) is 22.9. The smallest absolute Gasteiger partial charge is 0.407 e. The second-order valence-electron chi connectivity index (χ2n) is 5.91. The highest BCUT2D eigenvalue weighted by Crippen LogP contribution is 2.42. The van der Waals surface area contributed by atoms with E-state index in [4.69, 9.17) is 10.5 Å². The highest BCUT2D eigenvalue weighted by molar-refractivity contribution is 5.85. The number of aromatic nitrogens is 3. The Balaban J connectivity index is 1.91. The zero-order chi connectivity index (χ0) is 15.0. The number of carbonyl (C=O) groups is 2. The molecule has 0 radical (unpaired) electrons. The number of nitrogens with zero attached hydrogens (tertiary/aromatic N) is 3. The molecule has 8 heteroatoms. The third kappa shape index (κ3) is 3.06. The van der Waals surface area contributed by atoms with E-state index in [1.807, 2.05) is 0 Å². The topological polar surface area (TPSA) is 112 Å². The van der Waals surface area contributed by atoms with Gasteiger partial charge < -0.3 is 15.8 Å². The Morgan fingerprint density at radius 1 is 1.50 bits per heavy atom. The van der Waals surface area contributed by atoms with Gasteiger partial charge in [-0.25, -0.2) is 9.48 Å². The number of ether oxygens (including phenoxy) is 1. The molecular weight excluding hydrogens is 262 g/mol. The van der Waals surface area contributed by atoms with E-state index in [1.165, 1.54) is 4.68 Å². The molecule has 20 heavy (non-hydrogen) atoms. The fourth-order valence-corrected chi connectivity index (χ4v) is 1.77. The molecule has 2 amide bonds. The maximum Gasteiger partial charge on any atom is 0.407 e. The Morgan fingerprint density at radius 2 is 2.15 bits per heavy atom. The van der Waals surface area contributed by atoms with Crippen LogP contribution in [0.2, 0.25) is 0 Å². The lowest BCUT2D eigenvalue weighted by atomic mass is 10.2. The van der Waals surface area contributed by atoms with Crippen molar-refractivity contribution in [2.45, 2.75) is 51.3 Å². The third-order valence-corrected chi connectivity index (χ3v) is 2.97. The second-order valence-corrected chi connectivity index (χ2v) is 5.91. The lowest BCUT2D eigenvalue weighted by Crippen LogP contribution is -2.34. The van der Waals surface area contributed by atoms with E-state index in [0.29, 0.717) is 18.5 Å². The molecule has 0 saturated heterocycles. The van der Waals surface area contributed by atoms with Crippen molar-refractivity contribution in [2.24, 2.45) is 5.73 Å². The molecule has 110 valence electrons. The van der Waals surface area contributed by atoms with Crippen molar-refractivity contribution >= 4 is 12.0 Å². The van der Waals surface area contributed by atoms with Crippen molar-refractivity contribution in [3.05, 3.63) is 11.9 Å². The molecule has 2 rings (SSSR count). The van der Waals surface area contributed by atoms with Crippen molar-refractivity contribution in [1.82, 2.24) is 20.3 Å². The van der Waals surface area contributed by atoms with Crippen LogP contribution >= 0.6 is 0 Å². The molecule has 0 aromatic carbocycles. The average molecular weight is 281 g/mol. The van der Waals surface area contributed by atoms with Gasteiger partial charge in [0.25, 0.3) is 0 Å². The van der Waals surface area contributed by atoms with Gasteiger partial charge in [-0.15, -0.1) is 5.10 Å². The molecule has 8 nitrogen and oxygen atoms in total. The summed E-state index contributed by atoms with van der Waals surface area (Å²) in [5.74, 6) is -0.408. The Labute approximate surface area is 116 Å². The van der Waals surface area contributed by atoms with E-state index < -0.39 is 23.1 Å². The van der Waals surface area contributed by atoms with Crippen LogP contribution in [0.25, 0.3) is 0 Å². The first-order chi connectivity index (χ1) is 9.23. The van der Waals surface area contributed by atoms with Gasteiger partial charge >= 0.3 is 6.09 Å². The van der Waals surface area contributed by atoms with E-state index in [0.717, 1.165) is 0 Å². The van der Waals surface area contributed by atoms with Gasteiger partial charge in [0.2, 0.25) is 5.91 Å². The van der Waals surface area contributed by atoms with Gasteiger partial charge in [0.1, 0.15) is 16.8 Å². The molecule has 1 aliphatic rings. The van der Waals surface area contributed by atoms with Crippen LogP contribution in [0.1, 0.15) is 39.3 Å². The summed E-state index contributed by atoms with van der Waals surface area (Å²) in [5.41, 5.74) is 4.62. The lowest BCUT2D eigenvalue weighted by Gasteiger charge is -2.19. The van der Waals surface area contributed by atoms with Gasteiger partial charge in [-0.3, -0.25) is 4.79 Å². The summed E-state index contributed by atoms with van der Waals surface area (Å²) < 4.78 is 6.58. The zero-order valence-electron chi connectivity index (χ0n) is 11.8. The Bertz CT molecular complexity index is 527. The molecule has 1 aromatic heterocycles. The van der Waals surface area contributed by atoms with Crippen molar-refractivity contribution < 1.29 is 14.3 Å². The van der Waals surface area contributed by atoms with Crippen LogP contribution in [0.15, 0.2) is 6.20 Å². The van der Waals surface area contributed by atoms with Gasteiger partial charge in [0.05, 0.1) is 12.7 Å². The van der Waals surface area contributed by atoms with Crippen molar-refractivity contribution in [3.8, 4) is 0 Å². The Hall–Kier alpha value is -2.12. The average Bonchev–Trinajstić information content (AvgIpc) is 2.98. The number of rotatable bonds is 4. The SMILES string of the molecule is CC(C)(C)OC(=O)NCc1cn(C2(C(N)=O)CC2)nn1. The van der Waals surface area contributed by atoms with E-state index in [-0.39, 0.29) is 6.54 Å². The number of alkyl carbamates (subject to hydrolysis) is 1. The summed E-state index contributed by atoms with van der Waals surface area (Å²) in [6, 6.07) is 0. The summed E-state index contributed by atoms with van der Waals surface area (Å²) >= 11 is 0. The zero-order valence-corrected chi connectivity index (χ0v) is 11.8. The van der Waals surface area contributed by atoms with Gasteiger partial charge in [-0.05, 0) is 33.6 Å². The predicted octanol–water partition coefficient (Wildman–Crippen LogP) is 0.277. The number of amides is 2. The van der Waals surface area contributed by atoms with Gasteiger partial charge in [-0.2, -0.15) is 0 Å². The Kier molecular flexibility index (Phi) is 3.41. The molecular formula is C12H19N5O3. The minimum Gasteiger partial charge on any atom is -0.444 e. The van der Waals surface area contributed by atoms with Crippen molar-refractivity contribution in [3.63, 3.8) is 0 Å². The van der Waals surface area contributed by atoms with Crippen molar-refractivity contribution in [2.75, 3.05) is 0 Å². The molecule has 0 bridgehead atoms. The highest BCUT2D eigenvalue weighted by Gasteiger charge is 2.51. The maximum atomic E-state index is 11.5. The first kappa shape index (κ1) is 14.3. The van der Waals surface area contributed by atoms with Crippen LogP contribution in [0.5, 0.6) is 0 Å². The van der Waals surface area contributed by atoms with Crippen LogP contribution < -0.4 is 11.1 Å². The first-order valence-electron chi connectivity index (χ1n) is 6.41. The number of hydrogen-bond donors (Lipinski definition) is 2. The molecule has 1 fully saturated rings. The molecule has 1 heterocycles. The summed E-state index contributed by atoms with van der Waals surface area (Å²) in [5, 5.41) is 10.4. The standard InChI is InChI=1S/C12H19N5O3/c1-11(2,3)20-10(19)14-6-8-7-17(16-15-8)12(4-5-12)9(13)18/h7H,4-6H2,1-3H3,(H2,13,18)(H,14,19). The molecule has 1 aromatic rings. The monoisotopic (exact) mass is 281 g/mol. The molecule has 0 aliphatic heterocycles. The maximum absolute atomic E-state index is 11.5. The second kappa shape index (κ2) is 4.77. The van der Waals surface area contributed by atoms with Gasteiger partial charge in [0.15, 0.2) is 0 Å². The van der Waals surface area contributed by atoms with Crippen molar-refractivity contribution in [1.29, 1.82) is 0 Å². The lowest BCUT2D eigenvalue weighted by molar-refractivity contribution is -0.122. The van der Waals surface area contributed by atoms with Crippen LogP contribution in [-0.4, -0.2) is 32.6 Å². The number of nitrogens with two attached hydrogens (primary N) is 1. The fraction of sp³-hybridized carbons (Fsp3) is 0.667. The third-order valence-electron chi connectivity index (χ3n) is 2.97. The largest absolute Gasteiger partial charge is 0.444 e. The Morgan fingerprint density at radius 3 is 2.65 bits per heavy atom. The van der Waals surface area contributed by atoms with E-state index >= 15 is 0 Å². The van der Waals surface area contributed by atoms with Gasteiger partial charge in [-0.1, -0.05) is 5.21 Å². The van der Waals surface area contributed by atoms with Crippen LogP contribution in [0, 0.1) is 0 Å². The first-order valence-corrected chi connectivity index (χ1v) is 6.41. The predicted molar refractivity (Wildman–Crippen MR) is 69.5 cm³/mol. The quantitative estimate of drug-likeness (QED) is 0.823. The number of nitrogens with one attached hydrogen (secondary N) is 1. The van der Waals surface area contributed by atoms with Gasteiger partial charge in [0, 0.05) is 0 Å². The van der Waals surface area contributed by atoms with E-state index in [2.05, 4.69) is 15.6 Å². The number of carbonyl (C=O) groups excluding carboxylic acids is 2. The molecule has 1 aliphatic carbocycles.